The third-order valence-electron chi connectivity index (χ3n) is 3.58. The predicted octanol–water partition coefficient (Wildman–Crippen LogP) is 1.21. The zero-order chi connectivity index (χ0) is 16.1. The molecule has 1 aliphatic heterocycles. The van der Waals surface area contributed by atoms with Crippen LogP contribution in [-0.2, 0) is 4.79 Å². The monoisotopic (exact) mass is 305 g/mol. The summed E-state index contributed by atoms with van der Waals surface area (Å²) in [6, 6.07) is 5.61. The minimum atomic E-state index is -0.229. The van der Waals surface area contributed by atoms with Gasteiger partial charge in [0, 0.05) is 13.1 Å². The number of urea groups is 1. The number of ether oxygens (including phenoxy) is 1. The van der Waals surface area contributed by atoms with Crippen molar-refractivity contribution >= 4 is 11.9 Å². The van der Waals surface area contributed by atoms with Crippen molar-refractivity contribution in [3.05, 3.63) is 29.3 Å². The van der Waals surface area contributed by atoms with Gasteiger partial charge in [-0.25, -0.2) is 4.79 Å². The molecule has 0 spiro atoms. The van der Waals surface area contributed by atoms with Crippen molar-refractivity contribution in [3.63, 3.8) is 0 Å². The first-order valence-corrected chi connectivity index (χ1v) is 7.48. The van der Waals surface area contributed by atoms with Crippen LogP contribution in [0.25, 0.3) is 0 Å². The van der Waals surface area contributed by atoms with E-state index in [1.807, 2.05) is 39.0 Å². The van der Waals surface area contributed by atoms with E-state index >= 15 is 0 Å². The first kappa shape index (κ1) is 16.1. The summed E-state index contributed by atoms with van der Waals surface area (Å²) in [6.45, 7) is 7.40. The highest BCUT2D eigenvalue weighted by Crippen LogP contribution is 2.22. The van der Waals surface area contributed by atoms with Crippen LogP contribution in [0.1, 0.15) is 18.1 Å². The van der Waals surface area contributed by atoms with E-state index in [-0.39, 0.29) is 24.5 Å². The number of carbonyl (C=O) groups excluding carboxylic acids is 2. The fourth-order valence-electron chi connectivity index (χ4n) is 2.39. The molecule has 22 heavy (non-hydrogen) atoms. The van der Waals surface area contributed by atoms with Crippen LogP contribution in [0.2, 0.25) is 0 Å². The number of rotatable bonds is 4. The van der Waals surface area contributed by atoms with Crippen molar-refractivity contribution in [3.8, 4) is 5.75 Å². The van der Waals surface area contributed by atoms with Gasteiger partial charge in [0.15, 0.2) is 0 Å². The smallest absolute Gasteiger partial charge is 0.318 e. The minimum absolute atomic E-state index is 0.107. The van der Waals surface area contributed by atoms with Crippen LogP contribution in [0.5, 0.6) is 5.75 Å². The van der Waals surface area contributed by atoms with E-state index in [4.69, 9.17) is 4.74 Å². The Bertz CT molecular complexity index is 539. The number of amides is 3. The minimum Gasteiger partial charge on any atom is -0.491 e. The molecule has 0 aromatic heterocycles. The third-order valence-corrected chi connectivity index (χ3v) is 3.58. The molecule has 6 nitrogen and oxygen atoms in total. The highest BCUT2D eigenvalue weighted by Gasteiger charge is 2.22. The van der Waals surface area contributed by atoms with E-state index in [1.165, 1.54) is 4.90 Å². The molecule has 2 rings (SSSR count). The van der Waals surface area contributed by atoms with Crippen LogP contribution in [0, 0.1) is 13.8 Å². The van der Waals surface area contributed by atoms with E-state index in [0.717, 1.165) is 16.9 Å². The van der Waals surface area contributed by atoms with Gasteiger partial charge in [-0.05, 0) is 31.9 Å². The molecular formula is C16H23N3O3. The second kappa shape index (κ2) is 7.15. The number of para-hydroxylation sites is 1. The second-order valence-corrected chi connectivity index (χ2v) is 5.65. The lowest BCUT2D eigenvalue weighted by Crippen LogP contribution is -2.54. The van der Waals surface area contributed by atoms with E-state index < -0.39 is 0 Å². The zero-order valence-electron chi connectivity index (χ0n) is 13.3. The number of benzene rings is 1. The molecule has 120 valence electrons. The van der Waals surface area contributed by atoms with Gasteiger partial charge in [0.2, 0.25) is 5.91 Å². The van der Waals surface area contributed by atoms with Crippen LogP contribution in [0.15, 0.2) is 18.2 Å². The van der Waals surface area contributed by atoms with E-state index in [9.17, 15) is 9.59 Å². The van der Waals surface area contributed by atoms with Crippen LogP contribution in [0.3, 0.4) is 0 Å². The van der Waals surface area contributed by atoms with Gasteiger partial charge in [-0.15, -0.1) is 0 Å². The molecule has 1 saturated heterocycles. The summed E-state index contributed by atoms with van der Waals surface area (Å²) in [6.07, 6.45) is 0. The van der Waals surface area contributed by atoms with E-state index in [2.05, 4.69) is 10.6 Å². The number of hydrogen-bond donors (Lipinski definition) is 2. The van der Waals surface area contributed by atoms with Gasteiger partial charge in [0.05, 0.1) is 6.04 Å². The van der Waals surface area contributed by atoms with E-state index in [1.54, 1.807) is 0 Å². The molecule has 2 N–H and O–H groups in total. The van der Waals surface area contributed by atoms with Gasteiger partial charge in [-0.1, -0.05) is 18.2 Å². The maximum atomic E-state index is 12.1. The molecule has 1 aromatic rings. The Morgan fingerprint density at radius 3 is 2.73 bits per heavy atom. The van der Waals surface area contributed by atoms with Crippen molar-refractivity contribution in [1.29, 1.82) is 0 Å². The fourth-order valence-corrected chi connectivity index (χ4v) is 2.39. The standard InChI is InChI=1S/C16H23N3O3/c1-11-5-4-6-12(2)15(11)22-10-13(3)18-16(21)19-8-7-17-14(20)9-19/h4-6,13H,7-10H2,1-3H3,(H,17,20)(H,18,21). The molecule has 1 heterocycles. The van der Waals surface area contributed by atoms with Gasteiger partial charge in [0.25, 0.3) is 0 Å². The number of nitrogens with zero attached hydrogens (tertiary/aromatic N) is 1. The van der Waals surface area contributed by atoms with Crippen LogP contribution < -0.4 is 15.4 Å². The molecule has 6 heteroatoms. The molecule has 0 radical (unpaired) electrons. The Labute approximate surface area is 130 Å². The zero-order valence-corrected chi connectivity index (χ0v) is 13.3. The molecular weight excluding hydrogens is 282 g/mol. The lowest BCUT2D eigenvalue weighted by Gasteiger charge is -2.28. The van der Waals surface area contributed by atoms with Crippen LogP contribution in [-0.4, -0.2) is 49.1 Å². The highest BCUT2D eigenvalue weighted by atomic mass is 16.5. The van der Waals surface area contributed by atoms with E-state index in [0.29, 0.717) is 19.7 Å². The summed E-state index contributed by atoms with van der Waals surface area (Å²) >= 11 is 0. The number of aryl methyl sites for hydroxylation is 2. The lowest BCUT2D eigenvalue weighted by molar-refractivity contribution is -0.123. The first-order valence-electron chi connectivity index (χ1n) is 7.48. The van der Waals surface area contributed by atoms with Gasteiger partial charge in [-0.2, -0.15) is 0 Å². The Balaban J connectivity index is 1.84. The van der Waals surface area contributed by atoms with Crippen molar-refractivity contribution in [2.45, 2.75) is 26.8 Å². The topological polar surface area (TPSA) is 70.7 Å². The van der Waals surface area contributed by atoms with Crippen molar-refractivity contribution in [2.75, 3.05) is 26.2 Å². The van der Waals surface area contributed by atoms with Crippen LogP contribution in [0.4, 0.5) is 4.79 Å². The number of piperazine rings is 1. The second-order valence-electron chi connectivity index (χ2n) is 5.65. The normalized spacial score (nSPS) is 16.0. The molecule has 0 bridgehead atoms. The van der Waals surface area contributed by atoms with Crippen molar-refractivity contribution in [2.24, 2.45) is 0 Å². The molecule has 1 aliphatic rings. The summed E-state index contributed by atoms with van der Waals surface area (Å²) in [7, 11) is 0. The number of hydrogen-bond acceptors (Lipinski definition) is 3. The molecule has 1 unspecified atom stereocenters. The Kier molecular flexibility index (Phi) is 5.25. The first-order chi connectivity index (χ1) is 10.5. The Hall–Kier alpha value is -2.24. The SMILES string of the molecule is Cc1cccc(C)c1OCC(C)NC(=O)N1CCNC(=O)C1. The van der Waals surface area contributed by atoms with Gasteiger partial charge < -0.3 is 20.3 Å². The summed E-state index contributed by atoms with van der Waals surface area (Å²) in [5.74, 6) is 0.738. The number of nitrogens with one attached hydrogen (secondary N) is 2. The maximum Gasteiger partial charge on any atom is 0.318 e. The number of carbonyl (C=O) groups is 2. The maximum absolute atomic E-state index is 12.1. The summed E-state index contributed by atoms with van der Waals surface area (Å²) in [4.78, 5) is 24.9. The largest absolute Gasteiger partial charge is 0.491 e. The van der Waals surface area contributed by atoms with Crippen molar-refractivity contribution in [1.82, 2.24) is 15.5 Å². The molecule has 1 aromatic carbocycles. The highest BCUT2D eigenvalue weighted by molar-refractivity contribution is 5.85. The average molecular weight is 305 g/mol. The molecule has 0 aliphatic carbocycles. The Morgan fingerprint density at radius 1 is 1.41 bits per heavy atom. The van der Waals surface area contributed by atoms with Crippen LogP contribution >= 0.6 is 0 Å². The third kappa shape index (κ3) is 4.13. The Morgan fingerprint density at radius 2 is 2.09 bits per heavy atom. The van der Waals surface area contributed by atoms with Gasteiger partial charge in [-0.3, -0.25) is 4.79 Å². The molecule has 3 amide bonds. The molecule has 0 saturated carbocycles. The fraction of sp³-hybridized carbons (Fsp3) is 0.500. The quantitative estimate of drug-likeness (QED) is 0.878. The van der Waals surface area contributed by atoms with Crippen molar-refractivity contribution < 1.29 is 14.3 Å². The predicted molar refractivity (Wildman–Crippen MR) is 84.0 cm³/mol. The summed E-state index contributed by atoms with van der Waals surface area (Å²) in [5, 5.41) is 5.56. The molecule has 1 atom stereocenters. The molecule has 1 fully saturated rings. The van der Waals surface area contributed by atoms with Gasteiger partial charge >= 0.3 is 6.03 Å². The summed E-state index contributed by atoms with van der Waals surface area (Å²) < 4.78 is 5.83. The van der Waals surface area contributed by atoms with Gasteiger partial charge in [0.1, 0.15) is 18.9 Å². The lowest BCUT2D eigenvalue weighted by atomic mass is 10.1. The average Bonchev–Trinajstić information content (AvgIpc) is 2.46. The summed E-state index contributed by atoms with van der Waals surface area (Å²) in [5.41, 5.74) is 2.15.